The van der Waals surface area contributed by atoms with Gasteiger partial charge in [-0.2, -0.15) is 0 Å². The number of rotatable bonds is 5. The largest absolute Gasteiger partial charge is 0.478 e. The number of anilines is 1. The molecule has 0 amide bonds. The lowest BCUT2D eigenvalue weighted by molar-refractivity contribution is 0.0698. The Hall–Kier alpha value is -1.03. The van der Waals surface area contributed by atoms with Crippen LogP contribution in [0.1, 0.15) is 29.6 Å². The van der Waals surface area contributed by atoms with Crippen LogP contribution in [-0.4, -0.2) is 17.6 Å². The molecule has 1 fully saturated rings. The molecule has 0 unspecified atom stereocenters. The number of carboxylic acids is 1. The van der Waals surface area contributed by atoms with Crippen LogP contribution in [0.2, 0.25) is 0 Å². The minimum Gasteiger partial charge on any atom is -0.478 e. The van der Waals surface area contributed by atoms with E-state index in [1.165, 1.54) is 12.8 Å². The van der Waals surface area contributed by atoms with Gasteiger partial charge in [-0.3, -0.25) is 0 Å². The second-order valence-electron chi connectivity index (χ2n) is 4.15. The van der Waals surface area contributed by atoms with Crippen LogP contribution in [0.25, 0.3) is 0 Å². The number of nitrogens with one attached hydrogen (secondary N) is 1. The summed E-state index contributed by atoms with van der Waals surface area (Å²) in [6.07, 6.45) is 3.79. The van der Waals surface area contributed by atoms with Crippen molar-refractivity contribution in [3.8, 4) is 0 Å². The highest BCUT2D eigenvalue weighted by molar-refractivity contribution is 9.10. The van der Waals surface area contributed by atoms with Gasteiger partial charge in [0.25, 0.3) is 0 Å². The van der Waals surface area contributed by atoms with Crippen molar-refractivity contribution in [1.29, 1.82) is 0 Å². The number of carbonyl (C=O) groups is 1. The van der Waals surface area contributed by atoms with Crippen molar-refractivity contribution in [1.82, 2.24) is 0 Å². The molecule has 0 aliphatic heterocycles. The number of hydrogen-bond donors (Lipinski definition) is 2. The average Bonchev–Trinajstić information content (AvgIpc) is 3.04. The van der Waals surface area contributed by atoms with Gasteiger partial charge in [0, 0.05) is 16.7 Å². The van der Waals surface area contributed by atoms with E-state index in [0.717, 1.165) is 23.4 Å². The van der Waals surface area contributed by atoms with Crippen LogP contribution in [0.5, 0.6) is 0 Å². The molecule has 1 saturated carbocycles. The van der Waals surface area contributed by atoms with Crippen molar-refractivity contribution >= 4 is 27.6 Å². The molecular formula is C12H14BrNO2. The highest BCUT2D eigenvalue weighted by Gasteiger charge is 2.20. The molecule has 0 bridgehead atoms. The maximum atomic E-state index is 11.0. The lowest BCUT2D eigenvalue weighted by Gasteiger charge is -2.09. The minimum absolute atomic E-state index is 0.324. The summed E-state index contributed by atoms with van der Waals surface area (Å²) in [6, 6.07) is 5.29. The smallest absolute Gasteiger partial charge is 0.337 e. The SMILES string of the molecule is O=C(O)c1cc(Br)ccc1NCCC1CC1. The van der Waals surface area contributed by atoms with Crippen LogP contribution in [0.4, 0.5) is 5.69 Å². The van der Waals surface area contributed by atoms with E-state index in [4.69, 9.17) is 5.11 Å². The molecule has 86 valence electrons. The maximum Gasteiger partial charge on any atom is 0.337 e. The minimum atomic E-state index is -0.893. The first-order chi connectivity index (χ1) is 7.66. The lowest BCUT2D eigenvalue weighted by atomic mass is 10.1. The van der Waals surface area contributed by atoms with Crippen molar-refractivity contribution in [2.24, 2.45) is 5.92 Å². The number of aromatic carboxylic acids is 1. The number of hydrogen-bond acceptors (Lipinski definition) is 2. The predicted octanol–water partition coefficient (Wildman–Crippen LogP) is 3.36. The normalized spacial score (nSPS) is 14.8. The third-order valence-electron chi connectivity index (χ3n) is 2.78. The monoisotopic (exact) mass is 283 g/mol. The third kappa shape index (κ3) is 2.98. The first-order valence-electron chi connectivity index (χ1n) is 5.43. The molecule has 1 aromatic carbocycles. The van der Waals surface area contributed by atoms with Gasteiger partial charge in [-0.15, -0.1) is 0 Å². The van der Waals surface area contributed by atoms with Crippen molar-refractivity contribution < 1.29 is 9.90 Å². The van der Waals surface area contributed by atoms with Gasteiger partial charge >= 0.3 is 5.97 Å². The van der Waals surface area contributed by atoms with Crippen LogP contribution < -0.4 is 5.32 Å². The van der Waals surface area contributed by atoms with E-state index < -0.39 is 5.97 Å². The zero-order valence-electron chi connectivity index (χ0n) is 8.87. The van der Waals surface area contributed by atoms with Gasteiger partial charge in [-0.1, -0.05) is 28.8 Å². The molecule has 0 spiro atoms. The van der Waals surface area contributed by atoms with Gasteiger partial charge in [0.05, 0.1) is 5.56 Å². The first kappa shape index (κ1) is 11.5. The Morgan fingerprint density at radius 2 is 2.25 bits per heavy atom. The average molecular weight is 284 g/mol. The highest BCUT2D eigenvalue weighted by atomic mass is 79.9. The quantitative estimate of drug-likeness (QED) is 0.871. The molecule has 0 aromatic heterocycles. The van der Waals surface area contributed by atoms with Crippen molar-refractivity contribution in [2.75, 3.05) is 11.9 Å². The predicted molar refractivity (Wildman–Crippen MR) is 66.9 cm³/mol. The molecule has 3 nitrogen and oxygen atoms in total. The summed E-state index contributed by atoms with van der Waals surface area (Å²) < 4.78 is 0.789. The number of benzene rings is 1. The zero-order valence-corrected chi connectivity index (χ0v) is 10.5. The molecule has 1 aliphatic rings. The maximum absolute atomic E-state index is 11.0. The van der Waals surface area contributed by atoms with Gasteiger partial charge < -0.3 is 10.4 Å². The van der Waals surface area contributed by atoms with Gasteiger partial charge in [0.2, 0.25) is 0 Å². The fourth-order valence-electron chi connectivity index (χ4n) is 1.67. The topological polar surface area (TPSA) is 49.3 Å². The summed E-state index contributed by atoms with van der Waals surface area (Å²) in [4.78, 5) is 11.0. The Kier molecular flexibility index (Phi) is 3.49. The fraction of sp³-hybridized carbons (Fsp3) is 0.417. The second-order valence-corrected chi connectivity index (χ2v) is 5.07. The summed E-state index contributed by atoms with van der Waals surface area (Å²) in [6.45, 7) is 0.854. The Balaban J connectivity index is 2.02. The molecule has 4 heteroatoms. The summed E-state index contributed by atoms with van der Waals surface area (Å²) >= 11 is 3.27. The van der Waals surface area contributed by atoms with E-state index in [1.54, 1.807) is 12.1 Å². The Morgan fingerprint density at radius 1 is 1.50 bits per heavy atom. The number of carboxylic acid groups (broad SMARTS) is 1. The fourth-order valence-corrected chi connectivity index (χ4v) is 2.03. The standard InChI is InChI=1S/C12H14BrNO2/c13-9-3-4-11(10(7-9)12(15)16)14-6-5-8-1-2-8/h3-4,7-8,14H,1-2,5-6H2,(H,15,16). The van der Waals surface area contributed by atoms with Gasteiger partial charge in [0.15, 0.2) is 0 Å². The van der Waals surface area contributed by atoms with E-state index in [-0.39, 0.29) is 0 Å². The Morgan fingerprint density at radius 3 is 2.88 bits per heavy atom. The summed E-state index contributed by atoms with van der Waals surface area (Å²) in [5.74, 6) is -0.0357. The molecule has 0 saturated heterocycles. The zero-order chi connectivity index (χ0) is 11.5. The summed E-state index contributed by atoms with van der Waals surface area (Å²) in [7, 11) is 0. The molecule has 0 heterocycles. The van der Waals surface area contributed by atoms with E-state index in [1.807, 2.05) is 6.07 Å². The third-order valence-corrected chi connectivity index (χ3v) is 3.27. The van der Waals surface area contributed by atoms with Gasteiger partial charge in [-0.25, -0.2) is 4.79 Å². The summed E-state index contributed by atoms with van der Waals surface area (Å²) in [5.41, 5.74) is 1.03. The van der Waals surface area contributed by atoms with E-state index in [2.05, 4.69) is 21.2 Å². The Labute approximate surface area is 103 Å². The molecule has 2 rings (SSSR count). The molecule has 1 aliphatic carbocycles. The molecular weight excluding hydrogens is 270 g/mol. The van der Waals surface area contributed by atoms with Crippen LogP contribution >= 0.6 is 15.9 Å². The first-order valence-corrected chi connectivity index (χ1v) is 6.23. The highest BCUT2D eigenvalue weighted by Crippen LogP contribution is 2.32. The van der Waals surface area contributed by atoms with Crippen LogP contribution in [0.3, 0.4) is 0 Å². The molecule has 2 N–H and O–H groups in total. The van der Waals surface area contributed by atoms with Crippen molar-refractivity contribution in [3.63, 3.8) is 0 Å². The van der Waals surface area contributed by atoms with Crippen LogP contribution in [0.15, 0.2) is 22.7 Å². The molecule has 0 radical (unpaired) electrons. The van der Waals surface area contributed by atoms with Crippen molar-refractivity contribution in [3.05, 3.63) is 28.2 Å². The van der Waals surface area contributed by atoms with E-state index in [9.17, 15) is 4.79 Å². The van der Waals surface area contributed by atoms with E-state index >= 15 is 0 Å². The van der Waals surface area contributed by atoms with E-state index in [0.29, 0.717) is 11.3 Å². The molecule has 0 atom stereocenters. The van der Waals surface area contributed by atoms with Gasteiger partial charge in [-0.05, 0) is 30.5 Å². The van der Waals surface area contributed by atoms with Gasteiger partial charge in [0.1, 0.15) is 0 Å². The molecule has 1 aromatic rings. The number of halogens is 1. The van der Waals surface area contributed by atoms with Crippen molar-refractivity contribution in [2.45, 2.75) is 19.3 Å². The molecule has 16 heavy (non-hydrogen) atoms. The second kappa shape index (κ2) is 4.87. The van der Waals surface area contributed by atoms with Crippen LogP contribution in [-0.2, 0) is 0 Å². The van der Waals surface area contributed by atoms with Crippen LogP contribution in [0, 0.1) is 5.92 Å². The lowest BCUT2D eigenvalue weighted by Crippen LogP contribution is -2.08. The summed E-state index contributed by atoms with van der Waals surface area (Å²) in [5, 5.41) is 12.2. The Bertz CT molecular complexity index is 402.